The van der Waals surface area contributed by atoms with Crippen LogP contribution in [0.2, 0.25) is 0 Å². The Kier molecular flexibility index (Phi) is 5.11. The number of benzene rings is 2. The van der Waals surface area contributed by atoms with E-state index in [1.54, 1.807) is 12.1 Å². The lowest BCUT2D eigenvalue weighted by molar-refractivity contribution is 0.0600. The van der Waals surface area contributed by atoms with Crippen LogP contribution in [0.4, 0.5) is 10.1 Å². The molecule has 0 unspecified atom stereocenters. The second-order valence-corrected chi connectivity index (χ2v) is 5.42. The number of carbonyl (C=O) groups excluding carboxylic acids is 2. The Morgan fingerprint density at radius 1 is 1.04 bits per heavy atom. The lowest BCUT2D eigenvalue weighted by atomic mass is 10.0. The fraction of sp³-hybridized carbons (Fsp3) is 0.222. The van der Waals surface area contributed by atoms with Crippen LogP contribution in [-0.4, -0.2) is 19.0 Å². The van der Waals surface area contributed by atoms with Crippen molar-refractivity contribution >= 4 is 17.6 Å². The van der Waals surface area contributed by atoms with E-state index in [-0.39, 0.29) is 11.3 Å². The molecule has 0 aliphatic heterocycles. The standard InChI is InChI=1S/C18H18FNO3/c1-11(2)12-4-6-13(7-5-12)17(21)20-16-10-14(18(22)23-3)8-9-15(16)19/h4-11H,1-3H3,(H,20,21). The molecule has 0 aromatic heterocycles. The van der Waals surface area contributed by atoms with E-state index < -0.39 is 17.7 Å². The van der Waals surface area contributed by atoms with Crippen LogP contribution in [0, 0.1) is 5.82 Å². The Balaban J connectivity index is 2.21. The molecule has 0 heterocycles. The summed E-state index contributed by atoms with van der Waals surface area (Å²) in [7, 11) is 1.24. The van der Waals surface area contributed by atoms with Gasteiger partial charge in [0.1, 0.15) is 5.82 Å². The van der Waals surface area contributed by atoms with Gasteiger partial charge < -0.3 is 10.1 Å². The molecule has 0 fully saturated rings. The first kappa shape index (κ1) is 16.7. The van der Waals surface area contributed by atoms with E-state index in [1.807, 2.05) is 12.1 Å². The van der Waals surface area contributed by atoms with E-state index in [2.05, 4.69) is 23.9 Å². The molecule has 1 N–H and O–H groups in total. The zero-order valence-electron chi connectivity index (χ0n) is 13.2. The van der Waals surface area contributed by atoms with Crippen molar-refractivity contribution in [3.8, 4) is 0 Å². The molecule has 5 heteroatoms. The lowest BCUT2D eigenvalue weighted by Crippen LogP contribution is -2.14. The van der Waals surface area contributed by atoms with Crippen LogP contribution in [-0.2, 0) is 4.74 Å². The van der Waals surface area contributed by atoms with E-state index in [4.69, 9.17) is 0 Å². The second kappa shape index (κ2) is 7.05. The maximum atomic E-state index is 13.8. The second-order valence-electron chi connectivity index (χ2n) is 5.42. The minimum atomic E-state index is -0.621. The van der Waals surface area contributed by atoms with Crippen molar-refractivity contribution in [2.75, 3.05) is 12.4 Å². The summed E-state index contributed by atoms with van der Waals surface area (Å²) in [5.74, 6) is -1.30. The SMILES string of the molecule is COC(=O)c1ccc(F)c(NC(=O)c2ccc(C(C)C)cc2)c1. The maximum Gasteiger partial charge on any atom is 0.337 e. The van der Waals surface area contributed by atoms with E-state index >= 15 is 0 Å². The number of methoxy groups -OCH3 is 1. The first-order chi connectivity index (χ1) is 10.9. The molecule has 0 saturated heterocycles. The number of esters is 1. The van der Waals surface area contributed by atoms with Crippen molar-refractivity contribution in [3.05, 3.63) is 65.0 Å². The third-order valence-electron chi connectivity index (χ3n) is 3.48. The van der Waals surface area contributed by atoms with Crippen molar-refractivity contribution in [1.29, 1.82) is 0 Å². The molecule has 0 radical (unpaired) electrons. The van der Waals surface area contributed by atoms with Gasteiger partial charge in [-0.3, -0.25) is 4.79 Å². The third-order valence-corrected chi connectivity index (χ3v) is 3.48. The number of anilines is 1. The van der Waals surface area contributed by atoms with Gasteiger partial charge in [-0.2, -0.15) is 0 Å². The van der Waals surface area contributed by atoms with E-state index in [9.17, 15) is 14.0 Å². The van der Waals surface area contributed by atoms with Crippen molar-refractivity contribution in [2.24, 2.45) is 0 Å². The summed E-state index contributed by atoms with van der Waals surface area (Å²) in [5.41, 5.74) is 1.63. The Morgan fingerprint density at radius 3 is 2.22 bits per heavy atom. The number of halogens is 1. The van der Waals surface area contributed by atoms with Gasteiger partial charge in [0.15, 0.2) is 0 Å². The summed E-state index contributed by atoms with van der Waals surface area (Å²) < 4.78 is 18.4. The van der Waals surface area contributed by atoms with Crippen molar-refractivity contribution < 1.29 is 18.7 Å². The molecule has 120 valence electrons. The molecule has 0 bridgehead atoms. The molecular formula is C18H18FNO3. The lowest BCUT2D eigenvalue weighted by Gasteiger charge is -2.09. The number of ether oxygens (including phenoxy) is 1. The molecule has 0 atom stereocenters. The number of hydrogen-bond donors (Lipinski definition) is 1. The van der Waals surface area contributed by atoms with Gasteiger partial charge in [-0.15, -0.1) is 0 Å². The van der Waals surface area contributed by atoms with Crippen LogP contribution in [0.5, 0.6) is 0 Å². The average Bonchev–Trinajstić information content (AvgIpc) is 2.56. The summed E-state index contributed by atoms with van der Waals surface area (Å²) in [6.45, 7) is 4.12. The quantitative estimate of drug-likeness (QED) is 0.868. The molecule has 4 nitrogen and oxygen atoms in total. The van der Waals surface area contributed by atoms with Gasteiger partial charge >= 0.3 is 5.97 Å². The van der Waals surface area contributed by atoms with Gasteiger partial charge in [0, 0.05) is 5.56 Å². The van der Waals surface area contributed by atoms with E-state index in [1.165, 1.54) is 19.2 Å². The summed E-state index contributed by atoms with van der Waals surface area (Å²) in [6, 6.07) is 10.8. The predicted molar refractivity (Wildman–Crippen MR) is 86.2 cm³/mol. The number of carbonyl (C=O) groups is 2. The fourth-order valence-electron chi connectivity index (χ4n) is 2.08. The van der Waals surface area contributed by atoms with Gasteiger partial charge in [0.05, 0.1) is 18.4 Å². The zero-order chi connectivity index (χ0) is 17.0. The molecule has 2 aromatic carbocycles. The summed E-state index contributed by atoms with van der Waals surface area (Å²) >= 11 is 0. The largest absolute Gasteiger partial charge is 0.465 e. The Labute approximate surface area is 134 Å². The highest BCUT2D eigenvalue weighted by atomic mass is 19.1. The van der Waals surface area contributed by atoms with Crippen LogP contribution in [0.3, 0.4) is 0 Å². The van der Waals surface area contributed by atoms with Crippen LogP contribution in [0.15, 0.2) is 42.5 Å². The highest BCUT2D eigenvalue weighted by Crippen LogP contribution is 2.19. The zero-order valence-corrected chi connectivity index (χ0v) is 13.2. The highest BCUT2D eigenvalue weighted by Gasteiger charge is 2.13. The monoisotopic (exact) mass is 315 g/mol. The fourth-order valence-corrected chi connectivity index (χ4v) is 2.08. The van der Waals surface area contributed by atoms with Gasteiger partial charge in [-0.25, -0.2) is 9.18 Å². The first-order valence-corrected chi connectivity index (χ1v) is 7.21. The molecule has 0 aliphatic carbocycles. The highest BCUT2D eigenvalue weighted by molar-refractivity contribution is 6.05. The summed E-state index contributed by atoms with van der Waals surface area (Å²) in [6.07, 6.45) is 0. The maximum absolute atomic E-state index is 13.8. The molecule has 0 spiro atoms. The van der Waals surface area contributed by atoms with Crippen molar-refractivity contribution in [2.45, 2.75) is 19.8 Å². The Bertz CT molecular complexity index is 724. The first-order valence-electron chi connectivity index (χ1n) is 7.21. The van der Waals surface area contributed by atoms with Gasteiger partial charge in [0.2, 0.25) is 0 Å². The van der Waals surface area contributed by atoms with Crippen molar-refractivity contribution in [3.63, 3.8) is 0 Å². The number of rotatable bonds is 4. The topological polar surface area (TPSA) is 55.4 Å². The van der Waals surface area contributed by atoms with Gasteiger partial charge in [-0.05, 0) is 41.8 Å². The Morgan fingerprint density at radius 2 is 1.65 bits per heavy atom. The molecule has 2 aromatic rings. The number of nitrogens with one attached hydrogen (secondary N) is 1. The van der Waals surface area contributed by atoms with Crippen LogP contribution >= 0.6 is 0 Å². The molecule has 0 aliphatic rings. The molecule has 0 saturated carbocycles. The predicted octanol–water partition coefficient (Wildman–Crippen LogP) is 3.99. The van der Waals surface area contributed by atoms with Crippen LogP contribution in [0.25, 0.3) is 0 Å². The summed E-state index contributed by atoms with van der Waals surface area (Å²) in [5, 5.41) is 2.47. The van der Waals surface area contributed by atoms with Gasteiger partial charge in [0.25, 0.3) is 5.91 Å². The number of hydrogen-bond acceptors (Lipinski definition) is 3. The smallest absolute Gasteiger partial charge is 0.337 e. The van der Waals surface area contributed by atoms with Gasteiger partial charge in [-0.1, -0.05) is 26.0 Å². The average molecular weight is 315 g/mol. The van der Waals surface area contributed by atoms with E-state index in [0.29, 0.717) is 11.5 Å². The van der Waals surface area contributed by atoms with E-state index in [0.717, 1.165) is 11.6 Å². The molecule has 1 amide bonds. The van der Waals surface area contributed by atoms with Crippen LogP contribution in [0.1, 0.15) is 46.0 Å². The summed E-state index contributed by atoms with van der Waals surface area (Å²) in [4.78, 5) is 23.7. The Hall–Kier alpha value is -2.69. The van der Waals surface area contributed by atoms with Crippen LogP contribution < -0.4 is 5.32 Å². The minimum absolute atomic E-state index is 0.0640. The molecule has 23 heavy (non-hydrogen) atoms. The normalized spacial score (nSPS) is 10.5. The third kappa shape index (κ3) is 3.94. The molecular weight excluding hydrogens is 297 g/mol. The van der Waals surface area contributed by atoms with Crippen molar-refractivity contribution in [1.82, 2.24) is 0 Å². The molecule has 2 rings (SSSR count). The minimum Gasteiger partial charge on any atom is -0.465 e. The number of amides is 1.